The van der Waals surface area contributed by atoms with E-state index in [-0.39, 0.29) is 11.5 Å². The van der Waals surface area contributed by atoms with E-state index in [2.05, 4.69) is 72.1 Å². The van der Waals surface area contributed by atoms with Gasteiger partial charge in [0.1, 0.15) is 23.7 Å². The SMILES string of the molecule is C=C(OCC)c1ncc(COc2ccc(C(C)(C)c3ccc(OCCCCCCCCOCCCCNC(=O)OC(C)(C)C)cc3)cc2)cn1. The number of rotatable bonds is 23. The van der Waals surface area contributed by atoms with Crippen molar-refractivity contribution in [2.45, 2.75) is 111 Å². The van der Waals surface area contributed by atoms with Gasteiger partial charge in [0.25, 0.3) is 0 Å². The van der Waals surface area contributed by atoms with Gasteiger partial charge in [0.2, 0.25) is 0 Å². The molecule has 1 amide bonds. The van der Waals surface area contributed by atoms with E-state index in [4.69, 9.17) is 23.7 Å². The molecule has 0 saturated carbocycles. The van der Waals surface area contributed by atoms with E-state index in [9.17, 15) is 4.79 Å². The maximum Gasteiger partial charge on any atom is 0.407 e. The fraction of sp³-hybridized carbons (Fsp3) is 0.537. The Balaban J connectivity index is 1.24. The molecule has 2 aromatic carbocycles. The second-order valence-electron chi connectivity index (χ2n) is 14.0. The number of alkyl carbamates (subject to hydrolysis) is 1. The molecular formula is C41H59N3O6. The Bertz CT molecular complexity index is 1400. The summed E-state index contributed by atoms with van der Waals surface area (Å²) in [6, 6.07) is 16.7. The van der Waals surface area contributed by atoms with Crippen molar-refractivity contribution in [2.75, 3.05) is 33.0 Å². The lowest BCUT2D eigenvalue weighted by atomic mass is 9.78. The summed E-state index contributed by atoms with van der Waals surface area (Å²) >= 11 is 0. The molecule has 50 heavy (non-hydrogen) atoms. The van der Waals surface area contributed by atoms with Crippen LogP contribution >= 0.6 is 0 Å². The van der Waals surface area contributed by atoms with Gasteiger partial charge in [0.05, 0.1) is 13.2 Å². The molecule has 0 spiro atoms. The predicted octanol–water partition coefficient (Wildman–Crippen LogP) is 9.43. The Morgan fingerprint density at radius 1 is 0.720 bits per heavy atom. The number of hydrogen-bond acceptors (Lipinski definition) is 8. The van der Waals surface area contributed by atoms with Crippen LogP contribution < -0.4 is 14.8 Å². The van der Waals surface area contributed by atoms with Gasteiger partial charge in [-0.05, 0) is 88.8 Å². The van der Waals surface area contributed by atoms with Crippen molar-refractivity contribution in [2.24, 2.45) is 0 Å². The van der Waals surface area contributed by atoms with Crippen LogP contribution in [-0.2, 0) is 26.2 Å². The first-order chi connectivity index (χ1) is 24.0. The minimum Gasteiger partial charge on any atom is -0.494 e. The molecule has 1 heterocycles. The number of aromatic nitrogens is 2. The largest absolute Gasteiger partial charge is 0.494 e. The average Bonchev–Trinajstić information content (AvgIpc) is 3.09. The fourth-order valence-electron chi connectivity index (χ4n) is 5.22. The summed E-state index contributed by atoms with van der Waals surface area (Å²) in [5, 5.41) is 2.78. The highest BCUT2D eigenvalue weighted by atomic mass is 16.6. The Kier molecular flexibility index (Phi) is 17.1. The van der Waals surface area contributed by atoms with Crippen LogP contribution in [0.3, 0.4) is 0 Å². The molecule has 1 aromatic heterocycles. The molecule has 0 radical (unpaired) electrons. The van der Waals surface area contributed by atoms with Gasteiger partial charge in [0, 0.05) is 43.1 Å². The Labute approximate surface area is 300 Å². The molecule has 1 N–H and O–H groups in total. The first-order valence-electron chi connectivity index (χ1n) is 18.1. The summed E-state index contributed by atoms with van der Waals surface area (Å²) in [6.45, 7) is 19.6. The molecule has 3 rings (SSSR count). The third kappa shape index (κ3) is 15.2. The van der Waals surface area contributed by atoms with Gasteiger partial charge in [0.15, 0.2) is 11.6 Å². The quantitative estimate of drug-likeness (QED) is 0.0777. The van der Waals surface area contributed by atoms with Crippen LogP contribution in [0.25, 0.3) is 5.76 Å². The number of ether oxygens (including phenoxy) is 5. The summed E-state index contributed by atoms with van der Waals surface area (Å²) in [5.41, 5.74) is 2.67. The van der Waals surface area contributed by atoms with Crippen LogP contribution in [0.4, 0.5) is 4.79 Å². The average molecular weight is 690 g/mol. The topological polar surface area (TPSA) is 101 Å². The highest BCUT2D eigenvalue weighted by molar-refractivity contribution is 5.67. The normalized spacial score (nSPS) is 11.6. The van der Waals surface area contributed by atoms with Crippen molar-refractivity contribution in [1.29, 1.82) is 0 Å². The molecule has 0 aliphatic heterocycles. The number of nitrogens with zero attached hydrogens (tertiary/aromatic N) is 2. The van der Waals surface area contributed by atoms with E-state index in [0.29, 0.717) is 31.3 Å². The van der Waals surface area contributed by atoms with Gasteiger partial charge >= 0.3 is 6.09 Å². The molecular weight excluding hydrogens is 630 g/mol. The van der Waals surface area contributed by atoms with Gasteiger partial charge in [-0.25, -0.2) is 14.8 Å². The Morgan fingerprint density at radius 2 is 1.24 bits per heavy atom. The summed E-state index contributed by atoms with van der Waals surface area (Å²) in [5.74, 6) is 2.65. The zero-order chi connectivity index (χ0) is 36.2. The van der Waals surface area contributed by atoms with Crippen molar-refractivity contribution >= 4 is 11.9 Å². The van der Waals surface area contributed by atoms with Crippen molar-refractivity contribution in [3.8, 4) is 11.5 Å². The van der Waals surface area contributed by atoms with Crippen molar-refractivity contribution in [3.63, 3.8) is 0 Å². The maximum atomic E-state index is 11.6. The zero-order valence-electron chi connectivity index (χ0n) is 31.2. The monoisotopic (exact) mass is 689 g/mol. The van der Waals surface area contributed by atoms with Gasteiger partial charge in [-0.2, -0.15) is 0 Å². The van der Waals surface area contributed by atoms with Gasteiger partial charge < -0.3 is 29.0 Å². The number of nitrogens with one attached hydrogen (secondary N) is 1. The van der Waals surface area contributed by atoms with Crippen molar-refractivity contribution in [3.05, 3.63) is 90.0 Å². The molecule has 9 nitrogen and oxygen atoms in total. The lowest BCUT2D eigenvalue weighted by molar-refractivity contribution is 0.0524. The third-order valence-corrected chi connectivity index (χ3v) is 8.17. The molecule has 0 aliphatic carbocycles. The minimum atomic E-state index is -0.463. The Hall–Kier alpha value is -4.11. The summed E-state index contributed by atoms with van der Waals surface area (Å²) < 4.78 is 28.3. The number of carbonyl (C=O) groups excluding carboxylic acids is 1. The standard InChI is InChI=1S/C41H59N3O6/c1-8-47-32(2)38-43-29-33(30-44-38)31-49-37-23-19-35(20-24-37)41(6,7)34-17-21-36(22-18-34)48-28-15-12-10-9-11-14-26-46-27-16-13-25-42-39(45)50-40(3,4)5/h17-24,29-30H,2,8-16,25-28,31H2,1,3-7H3,(H,42,45). The maximum absolute atomic E-state index is 11.6. The number of unbranched alkanes of at least 4 members (excludes halogenated alkanes) is 6. The molecule has 274 valence electrons. The number of amides is 1. The molecule has 0 atom stereocenters. The minimum absolute atomic E-state index is 0.171. The Morgan fingerprint density at radius 3 is 1.80 bits per heavy atom. The van der Waals surface area contributed by atoms with E-state index in [1.165, 1.54) is 36.8 Å². The van der Waals surface area contributed by atoms with Crippen LogP contribution in [0.15, 0.2) is 67.5 Å². The lowest BCUT2D eigenvalue weighted by Gasteiger charge is -2.26. The van der Waals surface area contributed by atoms with Gasteiger partial charge in [-0.1, -0.05) is 70.4 Å². The van der Waals surface area contributed by atoms with E-state index in [0.717, 1.165) is 62.6 Å². The van der Waals surface area contributed by atoms with E-state index in [1.54, 1.807) is 12.4 Å². The van der Waals surface area contributed by atoms with E-state index in [1.807, 2.05) is 39.8 Å². The summed E-state index contributed by atoms with van der Waals surface area (Å²) in [4.78, 5) is 20.2. The molecule has 0 fully saturated rings. The molecule has 0 unspecified atom stereocenters. The second-order valence-corrected chi connectivity index (χ2v) is 14.0. The summed E-state index contributed by atoms with van der Waals surface area (Å²) in [6.07, 6.45) is 11.9. The van der Waals surface area contributed by atoms with Crippen molar-refractivity contribution in [1.82, 2.24) is 15.3 Å². The number of hydrogen-bond donors (Lipinski definition) is 1. The molecule has 3 aromatic rings. The molecule has 0 aliphatic rings. The smallest absolute Gasteiger partial charge is 0.407 e. The van der Waals surface area contributed by atoms with Gasteiger partial charge in [-0.3, -0.25) is 0 Å². The second kappa shape index (κ2) is 21.2. The third-order valence-electron chi connectivity index (χ3n) is 8.17. The highest BCUT2D eigenvalue weighted by Gasteiger charge is 2.23. The van der Waals surface area contributed by atoms with Crippen LogP contribution in [0, 0.1) is 0 Å². The number of benzene rings is 2. The molecule has 9 heteroatoms. The fourth-order valence-corrected chi connectivity index (χ4v) is 5.22. The predicted molar refractivity (Wildman–Crippen MR) is 200 cm³/mol. The van der Waals surface area contributed by atoms with Gasteiger partial charge in [-0.15, -0.1) is 0 Å². The highest BCUT2D eigenvalue weighted by Crippen LogP contribution is 2.33. The molecule has 0 bridgehead atoms. The van der Waals surface area contributed by atoms with E-state index >= 15 is 0 Å². The van der Waals surface area contributed by atoms with Crippen LogP contribution in [0.1, 0.15) is 115 Å². The molecule has 0 saturated heterocycles. The first kappa shape index (κ1) is 40.3. The van der Waals surface area contributed by atoms with Crippen LogP contribution in [0.5, 0.6) is 11.5 Å². The number of carbonyl (C=O) groups is 1. The first-order valence-corrected chi connectivity index (χ1v) is 18.1. The van der Waals surface area contributed by atoms with Crippen molar-refractivity contribution < 1.29 is 28.5 Å². The zero-order valence-corrected chi connectivity index (χ0v) is 31.2. The van der Waals surface area contributed by atoms with Crippen LogP contribution in [-0.4, -0.2) is 54.6 Å². The summed E-state index contributed by atoms with van der Waals surface area (Å²) in [7, 11) is 0. The lowest BCUT2D eigenvalue weighted by Crippen LogP contribution is -2.33. The van der Waals surface area contributed by atoms with Crippen LogP contribution in [0.2, 0.25) is 0 Å². The van der Waals surface area contributed by atoms with E-state index < -0.39 is 5.60 Å².